The topological polar surface area (TPSA) is 85.4 Å². The van der Waals surface area contributed by atoms with Gasteiger partial charge >= 0.3 is 5.97 Å². The molecule has 1 heterocycles. The van der Waals surface area contributed by atoms with Crippen molar-refractivity contribution in [3.8, 4) is 0 Å². The summed E-state index contributed by atoms with van der Waals surface area (Å²) in [7, 11) is 1.86. The van der Waals surface area contributed by atoms with Gasteiger partial charge in [0.15, 0.2) is 0 Å². The number of anilines is 1. The molecule has 0 spiro atoms. The molecule has 0 unspecified atom stereocenters. The highest BCUT2D eigenvalue weighted by Crippen LogP contribution is 2.18. The molecule has 0 fully saturated rings. The number of carboxylic acid groups (broad SMARTS) is 1. The zero-order valence-corrected chi connectivity index (χ0v) is 15.2. The van der Waals surface area contributed by atoms with E-state index >= 15 is 0 Å². The Labute approximate surface area is 157 Å². The molecule has 0 aliphatic carbocycles. The van der Waals surface area contributed by atoms with Crippen LogP contribution in [0.2, 0.25) is 0 Å². The number of amides is 1. The Bertz CT molecular complexity index is 921. The fourth-order valence-corrected chi connectivity index (χ4v) is 3.13. The van der Waals surface area contributed by atoms with Crippen LogP contribution in [0.1, 0.15) is 12.0 Å². The number of carboxylic acids is 1. The van der Waals surface area contributed by atoms with Crippen LogP contribution in [0, 0.1) is 5.92 Å². The number of aromatic amines is 1. The predicted octanol–water partition coefficient (Wildman–Crippen LogP) is 3.33. The maximum Gasteiger partial charge on any atom is 0.308 e. The number of H-pyrrole nitrogens is 1. The van der Waals surface area contributed by atoms with E-state index in [1.807, 2.05) is 72.7 Å². The second-order valence-electron chi connectivity index (χ2n) is 6.75. The molecule has 3 rings (SSSR count). The summed E-state index contributed by atoms with van der Waals surface area (Å²) in [5.41, 5.74) is 2.68. The van der Waals surface area contributed by atoms with Gasteiger partial charge in [-0.15, -0.1) is 0 Å². The Morgan fingerprint density at radius 2 is 1.93 bits per heavy atom. The monoisotopic (exact) mass is 365 g/mol. The second-order valence-corrected chi connectivity index (χ2v) is 6.75. The van der Waals surface area contributed by atoms with Crippen molar-refractivity contribution >= 4 is 28.5 Å². The van der Waals surface area contributed by atoms with Crippen LogP contribution in [0.3, 0.4) is 0 Å². The number of nitrogens with one attached hydrogen (secondary N) is 2. The van der Waals surface area contributed by atoms with Crippen LogP contribution in [0.25, 0.3) is 10.9 Å². The molecule has 0 saturated carbocycles. The first kappa shape index (κ1) is 18.7. The van der Waals surface area contributed by atoms with Crippen LogP contribution >= 0.6 is 0 Å². The van der Waals surface area contributed by atoms with E-state index in [1.165, 1.54) is 0 Å². The van der Waals surface area contributed by atoms with Gasteiger partial charge in [0.2, 0.25) is 5.91 Å². The van der Waals surface area contributed by atoms with Crippen LogP contribution in [-0.2, 0) is 16.1 Å². The predicted molar refractivity (Wildman–Crippen MR) is 105 cm³/mol. The van der Waals surface area contributed by atoms with E-state index in [0.29, 0.717) is 18.8 Å². The summed E-state index contributed by atoms with van der Waals surface area (Å²) in [6.07, 6.45) is 1.76. The van der Waals surface area contributed by atoms with Gasteiger partial charge in [0.1, 0.15) is 0 Å². The Morgan fingerprint density at radius 1 is 1.15 bits per heavy atom. The lowest BCUT2D eigenvalue weighted by atomic mass is 10.0. The highest BCUT2D eigenvalue weighted by molar-refractivity contribution is 5.95. The molecule has 1 atom stereocenters. The standard InChI is InChI=1S/C21H23N3O3/c1-24(13-15-5-3-2-4-6-15)14-17(21(26)27)11-20(25)23-18-8-7-16-9-10-22-19(16)12-18/h2-10,12,17,22H,11,13-14H2,1H3,(H,23,25)(H,26,27)/t17-/m0/s1. The number of rotatable bonds is 8. The molecule has 0 aliphatic heterocycles. The number of carbonyl (C=O) groups is 2. The number of aromatic nitrogens is 1. The van der Waals surface area contributed by atoms with Gasteiger partial charge in [0.05, 0.1) is 5.92 Å². The fourth-order valence-electron chi connectivity index (χ4n) is 3.13. The van der Waals surface area contributed by atoms with Crippen LogP contribution in [0.4, 0.5) is 5.69 Å². The number of fused-ring (bicyclic) bond motifs is 1. The average molecular weight is 365 g/mol. The van der Waals surface area contributed by atoms with Crippen molar-refractivity contribution in [1.82, 2.24) is 9.88 Å². The number of hydrogen-bond acceptors (Lipinski definition) is 3. The van der Waals surface area contributed by atoms with Gasteiger partial charge in [-0.05, 0) is 36.2 Å². The van der Waals surface area contributed by atoms with Crippen molar-refractivity contribution in [2.75, 3.05) is 18.9 Å². The van der Waals surface area contributed by atoms with E-state index in [1.54, 1.807) is 0 Å². The number of carbonyl (C=O) groups excluding carboxylic acids is 1. The normalized spacial score (nSPS) is 12.2. The van der Waals surface area contributed by atoms with E-state index < -0.39 is 11.9 Å². The number of hydrogen-bond donors (Lipinski definition) is 3. The van der Waals surface area contributed by atoms with Crippen molar-refractivity contribution in [3.63, 3.8) is 0 Å². The van der Waals surface area contributed by atoms with Crippen LogP contribution < -0.4 is 5.32 Å². The molecule has 0 radical (unpaired) electrons. The fraction of sp³-hybridized carbons (Fsp3) is 0.238. The molecule has 6 heteroatoms. The lowest BCUT2D eigenvalue weighted by Crippen LogP contribution is -2.33. The summed E-state index contributed by atoms with van der Waals surface area (Å²) in [5.74, 6) is -2.04. The lowest BCUT2D eigenvalue weighted by Gasteiger charge is -2.21. The molecule has 140 valence electrons. The minimum atomic E-state index is -0.968. The van der Waals surface area contributed by atoms with Gasteiger partial charge in [-0.3, -0.25) is 9.59 Å². The largest absolute Gasteiger partial charge is 0.481 e. The van der Waals surface area contributed by atoms with Crippen molar-refractivity contribution < 1.29 is 14.7 Å². The van der Waals surface area contributed by atoms with Gasteiger partial charge in [0, 0.05) is 36.9 Å². The number of benzene rings is 2. The summed E-state index contributed by atoms with van der Waals surface area (Å²) in [6, 6.07) is 17.3. The van der Waals surface area contributed by atoms with Crippen molar-refractivity contribution in [3.05, 3.63) is 66.4 Å². The summed E-state index contributed by atoms with van der Waals surface area (Å²) in [4.78, 5) is 29.0. The molecule has 0 aliphatic rings. The lowest BCUT2D eigenvalue weighted by molar-refractivity contribution is -0.144. The van der Waals surface area contributed by atoms with Crippen LogP contribution in [0.15, 0.2) is 60.8 Å². The first-order chi connectivity index (χ1) is 13.0. The molecular weight excluding hydrogens is 342 g/mol. The van der Waals surface area contributed by atoms with E-state index in [2.05, 4.69) is 10.3 Å². The Hall–Kier alpha value is -3.12. The summed E-state index contributed by atoms with van der Waals surface area (Å²) >= 11 is 0. The molecule has 0 bridgehead atoms. The van der Waals surface area contributed by atoms with Crippen molar-refractivity contribution in [2.24, 2.45) is 5.92 Å². The zero-order chi connectivity index (χ0) is 19.2. The maximum atomic E-state index is 12.3. The third-order valence-corrected chi connectivity index (χ3v) is 4.45. The molecule has 0 saturated heterocycles. The smallest absolute Gasteiger partial charge is 0.308 e. The average Bonchev–Trinajstić information content (AvgIpc) is 3.09. The molecule has 3 N–H and O–H groups in total. The van der Waals surface area contributed by atoms with E-state index in [0.717, 1.165) is 16.5 Å². The Kier molecular flexibility index (Phi) is 5.88. The van der Waals surface area contributed by atoms with Gasteiger partial charge in [-0.25, -0.2) is 0 Å². The van der Waals surface area contributed by atoms with Crippen LogP contribution in [-0.4, -0.2) is 40.5 Å². The summed E-state index contributed by atoms with van der Waals surface area (Å²) < 4.78 is 0. The third-order valence-electron chi connectivity index (χ3n) is 4.45. The minimum Gasteiger partial charge on any atom is -0.481 e. The number of nitrogens with zero attached hydrogens (tertiary/aromatic N) is 1. The van der Waals surface area contributed by atoms with E-state index in [9.17, 15) is 14.7 Å². The van der Waals surface area contributed by atoms with Gasteiger partial charge in [0.25, 0.3) is 0 Å². The highest BCUT2D eigenvalue weighted by atomic mass is 16.4. The van der Waals surface area contributed by atoms with Crippen LogP contribution in [0.5, 0.6) is 0 Å². The number of aliphatic carboxylic acids is 1. The second kappa shape index (κ2) is 8.51. The molecule has 6 nitrogen and oxygen atoms in total. The molecule has 1 amide bonds. The van der Waals surface area contributed by atoms with Gasteiger partial charge in [-0.2, -0.15) is 0 Å². The third kappa shape index (κ3) is 5.18. The van der Waals surface area contributed by atoms with E-state index in [4.69, 9.17) is 0 Å². The highest BCUT2D eigenvalue weighted by Gasteiger charge is 2.23. The maximum absolute atomic E-state index is 12.3. The van der Waals surface area contributed by atoms with E-state index in [-0.39, 0.29) is 12.3 Å². The van der Waals surface area contributed by atoms with Crippen molar-refractivity contribution in [1.29, 1.82) is 0 Å². The first-order valence-corrected chi connectivity index (χ1v) is 8.83. The Balaban J connectivity index is 1.57. The molecule has 2 aromatic carbocycles. The summed E-state index contributed by atoms with van der Waals surface area (Å²) in [5, 5.41) is 13.4. The minimum absolute atomic E-state index is 0.0722. The molecule has 27 heavy (non-hydrogen) atoms. The molecular formula is C21H23N3O3. The SMILES string of the molecule is CN(Cc1ccccc1)C[C@H](CC(=O)Nc1ccc2cc[nH]c2c1)C(=O)O. The molecule has 1 aromatic heterocycles. The first-order valence-electron chi connectivity index (χ1n) is 8.83. The Morgan fingerprint density at radius 3 is 2.67 bits per heavy atom. The quantitative estimate of drug-likeness (QED) is 0.572. The van der Waals surface area contributed by atoms with Crippen molar-refractivity contribution in [2.45, 2.75) is 13.0 Å². The molecule has 3 aromatic rings. The summed E-state index contributed by atoms with van der Waals surface area (Å²) in [6.45, 7) is 0.934. The van der Waals surface area contributed by atoms with Gasteiger partial charge in [-0.1, -0.05) is 36.4 Å². The zero-order valence-electron chi connectivity index (χ0n) is 15.2. The van der Waals surface area contributed by atoms with Gasteiger partial charge < -0.3 is 20.3 Å².